The molecule has 9 rings (SSSR count). The predicted molar refractivity (Wildman–Crippen MR) is 272 cm³/mol. The monoisotopic (exact) mass is 886 g/mol. The van der Waals surface area contributed by atoms with Crippen LogP contribution in [0.25, 0.3) is 33.4 Å². The van der Waals surface area contributed by atoms with Crippen molar-refractivity contribution < 1.29 is 10.2 Å². The Hall–Kier alpha value is -7.06. The fraction of sp³-hybridized carbons (Fsp3) is 0.288. The molecule has 2 aromatic heterocycles. The maximum atomic E-state index is 12.5. The molecule has 0 saturated carbocycles. The van der Waals surface area contributed by atoms with E-state index in [1.165, 1.54) is 11.1 Å². The summed E-state index contributed by atoms with van der Waals surface area (Å²) in [5, 5.41) is 44.1. The van der Waals surface area contributed by atoms with Gasteiger partial charge < -0.3 is 10.2 Å². The molecule has 8 nitrogen and oxygen atoms in total. The van der Waals surface area contributed by atoms with Gasteiger partial charge in [-0.05, 0) is 93.5 Å². The first-order valence-electron chi connectivity index (χ1n) is 23.4. The lowest BCUT2D eigenvalue weighted by atomic mass is 9.66. The first-order valence-corrected chi connectivity index (χ1v) is 23.4. The highest BCUT2D eigenvalue weighted by molar-refractivity contribution is 5.75. The van der Waals surface area contributed by atoms with Crippen LogP contribution in [0.3, 0.4) is 0 Å². The molecule has 67 heavy (non-hydrogen) atoms. The van der Waals surface area contributed by atoms with Crippen molar-refractivity contribution in [2.24, 2.45) is 5.41 Å². The van der Waals surface area contributed by atoms with E-state index in [1.807, 2.05) is 78.9 Å². The Morgan fingerprint density at radius 2 is 0.776 bits per heavy atom. The van der Waals surface area contributed by atoms with E-state index in [0.29, 0.717) is 11.4 Å². The molecule has 9 aromatic rings. The molecule has 0 unspecified atom stereocenters. The lowest BCUT2D eigenvalue weighted by Gasteiger charge is -2.38. The second-order valence-electron chi connectivity index (χ2n) is 21.4. The van der Waals surface area contributed by atoms with E-state index < -0.39 is 16.2 Å². The summed E-state index contributed by atoms with van der Waals surface area (Å²) in [6.07, 6.45) is 1.61. The SMILES string of the molecule is CC(C)(Cc1ccccc1C(C)(C)c1cc(C(C)(C)c2ccccc2)cc(-n2nc3ccccc3n2)c1O)CC(C)(C)c1cc(-n2nc3ccccc3n2)c(O)c(C(C)(C)c2ccccc2)c1. The zero-order valence-electron chi connectivity index (χ0n) is 40.5. The predicted octanol–water partition coefficient (Wildman–Crippen LogP) is 13.5. The first-order chi connectivity index (χ1) is 31.8. The zero-order valence-corrected chi connectivity index (χ0v) is 40.5. The van der Waals surface area contributed by atoms with Gasteiger partial charge in [-0.2, -0.15) is 0 Å². The van der Waals surface area contributed by atoms with Gasteiger partial charge in [-0.15, -0.1) is 30.0 Å². The minimum atomic E-state index is -0.638. The van der Waals surface area contributed by atoms with Crippen molar-refractivity contribution in [1.29, 1.82) is 0 Å². The van der Waals surface area contributed by atoms with Gasteiger partial charge in [0.2, 0.25) is 0 Å². The second kappa shape index (κ2) is 16.7. The number of phenolic OH excluding ortho intramolecular Hbond substituents is 2. The Kier molecular flexibility index (Phi) is 11.2. The van der Waals surface area contributed by atoms with E-state index in [2.05, 4.69) is 148 Å². The molecule has 0 aliphatic heterocycles. The quantitative estimate of drug-likeness (QED) is 0.120. The van der Waals surface area contributed by atoms with Crippen molar-refractivity contribution in [3.8, 4) is 22.9 Å². The van der Waals surface area contributed by atoms with Crippen LogP contribution in [0.4, 0.5) is 0 Å². The minimum absolute atomic E-state index is 0.157. The van der Waals surface area contributed by atoms with Gasteiger partial charge in [0.15, 0.2) is 0 Å². The molecular weight excluding hydrogens is 825 g/mol. The summed E-state index contributed by atoms with van der Waals surface area (Å²) in [6, 6.07) is 53.7. The number of phenols is 2. The number of benzene rings is 7. The van der Waals surface area contributed by atoms with Crippen molar-refractivity contribution in [3.05, 3.63) is 202 Å². The summed E-state index contributed by atoms with van der Waals surface area (Å²) in [5.74, 6) is 0.327. The summed E-state index contributed by atoms with van der Waals surface area (Å²) in [6.45, 7) is 22.5. The van der Waals surface area contributed by atoms with Crippen LogP contribution in [-0.4, -0.2) is 40.2 Å². The Balaban J connectivity index is 1.11. The maximum absolute atomic E-state index is 12.5. The number of rotatable bonds is 13. The molecule has 0 bridgehead atoms. The van der Waals surface area contributed by atoms with E-state index in [9.17, 15) is 10.2 Å². The molecule has 0 aliphatic carbocycles. The van der Waals surface area contributed by atoms with Gasteiger partial charge in [0.25, 0.3) is 0 Å². The Bertz CT molecular complexity index is 3180. The van der Waals surface area contributed by atoms with Crippen molar-refractivity contribution in [3.63, 3.8) is 0 Å². The van der Waals surface area contributed by atoms with Gasteiger partial charge in [-0.3, -0.25) is 0 Å². The third-order valence-corrected chi connectivity index (χ3v) is 14.3. The molecule has 8 heteroatoms. The van der Waals surface area contributed by atoms with Crippen molar-refractivity contribution in [1.82, 2.24) is 30.0 Å². The topological polar surface area (TPSA) is 102 Å². The number of aromatic nitrogens is 6. The molecular formula is C59H62N6O2. The number of nitrogens with zero attached hydrogens (tertiary/aromatic N) is 6. The van der Waals surface area contributed by atoms with Crippen LogP contribution in [0, 0.1) is 5.41 Å². The van der Waals surface area contributed by atoms with Gasteiger partial charge in [0, 0.05) is 27.4 Å². The van der Waals surface area contributed by atoms with E-state index >= 15 is 0 Å². The summed E-state index contributed by atoms with van der Waals surface area (Å²) < 4.78 is 0. The van der Waals surface area contributed by atoms with E-state index in [-0.39, 0.29) is 22.3 Å². The van der Waals surface area contributed by atoms with Gasteiger partial charge in [-0.25, -0.2) is 0 Å². The highest BCUT2D eigenvalue weighted by Crippen LogP contribution is 2.48. The number of aromatic hydroxyl groups is 2. The van der Waals surface area contributed by atoms with Gasteiger partial charge in [0.05, 0.1) is 0 Å². The lowest BCUT2D eigenvalue weighted by Crippen LogP contribution is -2.31. The molecule has 2 heterocycles. The van der Waals surface area contributed by atoms with Crippen LogP contribution in [0.5, 0.6) is 11.5 Å². The molecule has 0 aliphatic rings. The standard InChI is InChI=1S/C59H62N6O2/c1-55(2,38-56(3,4)42-33-45(58(7,8)41-26-15-12-16-27-41)53(66)51(35-42)64-60-47-29-19-20-30-48(47)61-64)37-39-23-17-18-28-44(39)59(9,10)46-34-43(57(5,6)40-24-13-11-14-25-40)36-52(54(46)67)65-62-49-31-21-22-32-50(49)63-65/h11-36,66-67H,37-38H2,1-10H3. The zero-order chi connectivity index (χ0) is 47.5. The average molecular weight is 887 g/mol. The molecule has 0 atom stereocenters. The van der Waals surface area contributed by atoms with Crippen LogP contribution >= 0.6 is 0 Å². The highest BCUT2D eigenvalue weighted by Gasteiger charge is 2.38. The van der Waals surface area contributed by atoms with Gasteiger partial charge in [0.1, 0.15) is 44.9 Å². The fourth-order valence-electron chi connectivity index (χ4n) is 10.5. The molecule has 2 N–H and O–H groups in total. The minimum Gasteiger partial charge on any atom is -0.505 e. The normalized spacial score (nSPS) is 12.9. The lowest BCUT2D eigenvalue weighted by molar-refractivity contribution is 0.253. The third kappa shape index (κ3) is 8.39. The fourth-order valence-corrected chi connectivity index (χ4v) is 10.5. The summed E-state index contributed by atoms with van der Waals surface area (Å²) in [5.41, 5.74) is 10.4. The molecule has 340 valence electrons. The summed E-state index contributed by atoms with van der Waals surface area (Å²) in [4.78, 5) is 3.18. The third-order valence-electron chi connectivity index (χ3n) is 14.3. The smallest absolute Gasteiger partial charge is 0.147 e. The molecule has 7 aromatic carbocycles. The van der Waals surface area contributed by atoms with E-state index in [0.717, 1.165) is 68.3 Å². The van der Waals surface area contributed by atoms with Gasteiger partial charge in [-0.1, -0.05) is 191 Å². The van der Waals surface area contributed by atoms with Crippen molar-refractivity contribution in [2.75, 3.05) is 0 Å². The average Bonchev–Trinajstić information content (AvgIpc) is 3.94. The number of fused-ring (bicyclic) bond motifs is 2. The van der Waals surface area contributed by atoms with E-state index in [1.54, 1.807) is 9.59 Å². The maximum Gasteiger partial charge on any atom is 0.147 e. The Morgan fingerprint density at radius 3 is 1.27 bits per heavy atom. The number of hydrogen-bond acceptors (Lipinski definition) is 6. The summed E-state index contributed by atoms with van der Waals surface area (Å²) >= 11 is 0. The molecule has 0 amide bonds. The largest absolute Gasteiger partial charge is 0.505 e. The Morgan fingerprint density at radius 1 is 0.388 bits per heavy atom. The van der Waals surface area contributed by atoms with Crippen LogP contribution in [0.1, 0.15) is 120 Å². The summed E-state index contributed by atoms with van der Waals surface area (Å²) in [7, 11) is 0. The Labute approximate surface area is 395 Å². The molecule has 0 radical (unpaired) electrons. The second-order valence-corrected chi connectivity index (χ2v) is 21.4. The molecule has 0 fully saturated rings. The van der Waals surface area contributed by atoms with Gasteiger partial charge >= 0.3 is 0 Å². The van der Waals surface area contributed by atoms with Crippen LogP contribution in [0.2, 0.25) is 0 Å². The van der Waals surface area contributed by atoms with E-state index in [4.69, 9.17) is 20.4 Å². The van der Waals surface area contributed by atoms with Crippen molar-refractivity contribution >= 4 is 22.1 Å². The van der Waals surface area contributed by atoms with Crippen LogP contribution < -0.4 is 0 Å². The number of hydrogen-bond donors (Lipinski definition) is 2. The first kappa shape index (κ1) is 45.1. The highest BCUT2D eigenvalue weighted by atomic mass is 16.3. The molecule has 0 saturated heterocycles. The van der Waals surface area contributed by atoms with Crippen molar-refractivity contribution in [2.45, 2.75) is 104 Å². The van der Waals surface area contributed by atoms with Crippen LogP contribution in [0.15, 0.2) is 158 Å². The molecule has 0 spiro atoms. The van der Waals surface area contributed by atoms with Crippen LogP contribution in [-0.2, 0) is 28.1 Å².